The van der Waals surface area contributed by atoms with Crippen LogP contribution in [0.25, 0.3) is 0 Å². The van der Waals surface area contributed by atoms with E-state index in [-0.39, 0.29) is 17.5 Å². The molecule has 86 valence electrons. The lowest BCUT2D eigenvalue weighted by molar-refractivity contribution is -0.148. The first-order chi connectivity index (χ1) is 7.63. The molecule has 1 aromatic rings. The van der Waals surface area contributed by atoms with E-state index in [4.69, 9.17) is 0 Å². The van der Waals surface area contributed by atoms with Gasteiger partial charge in [-0.25, -0.2) is 4.68 Å². The largest absolute Gasteiger partial charge is 0.325 e. The van der Waals surface area contributed by atoms with E-state index in [0.717, 1.165) is 5.75 Å². The summed E-state index contributed by atoms with van der Waals surface area (Å²) in [6.45, 7) is 4.24. The van der Waals surface area contributed by atoms with Gasteiger partial charge in [0.15, 0.2) is 0 Å². The predicted molar refractivity (Wildman–Crippen MR) is 60.8 cm³/mol. The van der Waals surface area contributed by atoms with Crippen LogP contribution in [0.15, 0.2) is 12.4 Å². The number of amides is 1. The van der Waals surface area contributed by atoms with Crippen molar-refractivity contribution >= 4 is 17.7 Å². The van der Waals surface area contributed by atoms with Crippen molar-refractivity contribution in [1.29, 1.82) is 0 Å². The molecule has 0 radical (unpaired) electrons. The van der Waals surface area contributed by atoms with Gasteiger partial charge in [-0.1, -0.05) is 5.21 Å². The Hall–Kier alpha value is -1.04. The minimum atomic E-state index is -0.145. The van der Waals surface area contributed by atoms with E-state index < -0.39 is 0 Å². The molecular weight excluding hydrogens is 224 g/mol. The van der Waals surface area contributed by atoms with Crippen molar-refractivity contribution in [3.63, 3.8) is 0 Å². The summed E-state index contributed by atoms with van der Waals surface area (Å²) in [6.07, 6.45) is 4.26. The fourth-order valence-electron chi connectivity index (χ4n) is 2.43. The van der Waals surface area contributed by atoms with Crippen molar-refractivity contribution in [2.45, 2.75) is 37.2 Å². The third kappa shape index (κ3) is 1.16. The van der Waals surface area contributed by atoms with Crippen LogP contribution in [0.4, 0.5) is 0 Å². The first-order valence-electron chi connectivity index (χ1n) is 5.42. The summed E-state index contributed by atoms with van der Waals surface area (Å²) in [7, 11) is 0. The number of aromatic nitrogens is 3. The number of hydrogen-bond acceptors (Lipinski definition) is 4. The zero-order valence-corrected chi connectivity index (χ0v) is 10.1. The lowest BCUT2D eigenvalue weighted by Gasteiger charge is -2.54. The average molecular weight is 238 g/mol. The van der Waals surface area contributed by atoms with E-state index in [0.29, 0.717) is 11.8 Å². The van der Waals surface area contributed by atoms with Gasteiger partial charge in [0.1, 0.15) is 0 Å². The number of carbonyl (C=O) groups excluding carboxylic acids is 1. The summed E-state index contributed by atoms with van der Waals surface area (Å²) in [5, 5.41) is 8.33. The standard InChI is InChI=1S/C10H14N4OS/c1-7-10(2,13-4-3-11-12-13)6-16-9-5-8(15)14(7)9/h3-4,7,9H,5-6H2,1-2H3. The minimum absolute atomic E-state index is 0.145. The van der Waals surface area contributed by atoms with Crippen LogP contribution in [0.2, 0.25) is 0 Å². The first kappa shape index (κ1) is 10.1. The first-order valence-corrected chi connectivity index (χ1v) is 6.47. The van der Waals surface area contributed by atoms with Crippen molar-refractivity contribution < 1.29 is 4.79 Å². The van der Waals surface area contributed by atoms with E-state index in [1.807, 2.05) is 27.5 Å². The van der Waals surface area contributed by atoms with Gasteiger partial charge in [-0.15, -0.1) is 16.9 Å². The molecule has 3 unspecified atom stereocenters. The number of thioether (sulfide) groups is 1. The number of nitrogens with zero attached hydrogens (tertiary/aromatic N) is 4. The molecule has 0 spiro atoms. The fourth-order valence-corrected chi connectivity index (χ4v) is 4.05. The van der Waals surface area contributed by atoms with Crippen LogP contribution in [0.5, 0.6) is 0 Å². The molecule has 0 bridgehead atoms. The summed E-state index contributed by atoms with van der Waals surface area (Å²) in [6, 6.07) is 0.182. The number of β-lactam (4-membered cyclic amide) rings is 1. The van der Waals surface area contributed by atoms with Gasteiger partial charge in [0.2, 0.25) is 5.91 Å². The number of carbonyl (C=O) groups is 1. The molecule has 2 aliphatic rings. The highest BCUT2D eigenvalue weighted by molar-refractivity contribution is 8.00. The summed E-state index contributed by atoms with van der Waals surface area (Å²) < 4.78 is 1.88. The van der Waals surface area contributed by atoms with Gasteiger partial charge >= 0.3 is 0 Å². The predicted octanol–water partition coefficient (Wildman–Crippen LogP) is 0.687. The molecule has 2 saturated heterocycles. The maximum absolute atomic E-state index is 11.6. The average Bonchev–Trinajstić information content (AvgIpc) is 2.75. The second-order valence-electron chi connectivity index (χ2n) is 4.65. The summed E-state index contributed by atoms with van der Waals surface area (Å²) in [5.41, 5.74) is -0.145. The Balaban J connectivity index is 1.94. The Morgan fingerprint density at radius 3 is 3.06 bits per heavy atom. The quantitative estimate of drug-likeness (QED) is 0.675. The van der Waals surface area contributed by atoms with Crippen molar-refractivity contribution in [3.05, 3.63) is 12.4 Å². The molecule has 0 aromatic carbocycles. The Morgan fingerprint density at radius 2 is 2.44 bits per heavy atom. The molecule has 3 rings (SSSR count). The Morgan fingerprint density at radius 1 is 1.62 bits per heavy atom. The van der Waals surface area contributed by atoms with E-state index in [1.54, 1.807) is 6.20 Å². The van der Waals surface area contributed by atoms with Gasteiger partial charge < -0.3 is 4.90 Å². The zero-order chi connectivity index (χ0) is 11.3. The van der Waals surface area contributed by atoms with Gasteiger partial charge in [0.25, 0.3) is 0 Å². The van der Waals surface area contributed by atoms with Crippen molar-refractivity contribution in [2.24, 2.45) is 0 Å². The topological polar surface area (TPSA) is 51.0 Å². The molecule has 1 aromatic heterocycles. The molecule has 0 saturated carbocycles. The van der Waals surface area contributed by atoms with Crippen LogP contribution >= 0.6 is 11.8 Å². The van der Waals surface area contributed by atoms with Crippen LogP contribution < -0.4 is 0 Å². The van der Waals surface area contributed by atoms with E-state index in [2.05, 4.69) is 24.2 Å². The second-order valence-corrected chi connectivity index (χ2v) is 5.82. The summed E-state index contributed by atoms with van der Waals surface area (Å²) >= 11 is 1.84. The lowest BCUT2D eigenvalue weighted by atomic mass is 9.91. The van der Waals surface area contributed by atoms with Crippen LogP contribution in [-0.4, -0.2) is 43.0 Å². The van der Waals surface area contributed by atoms with Gasteiger partial charge in [-0.05, 0) is 13.8 Å². The molecular formula is C10H14N4OS. The summed E-state index contributed by atoms with van der Waals surface area (Å²) in [5.74, 6) is 1.24. The van der Waals surface area contributed by atoms with Gasteiger partial charge in [0.05, 0.1) is 29.6 Å². The van der Waals surface area contributed by atoms with Gasteiger partial charge in [-0.3, -0.25) is 4.79 Å². The number of hydrogen-bond donors (Lipinski definition) is 0. The highest BCUT2D eigenvalue weighted by atomic mass is 32.2. The van der Waals surface area contributed by atoms with Crippen LogP contribution in [0.1, 0.15) is 20.3 Å². The molecule has 6 heteroatoms. The third-order valence-electron chi connectivity index (χ3n) is 3.78. The molecule has 16 heavy (non-hydrogen) atoms. The molecule has 2 aliphatic heterocycles. The highest BCUT2D eigenvalue weighted by Crippen LogP contribution is 2.44. The van der Waals surface area contributed by atoms with E-state index in [1.165, 1.54) is 0 Å². The zero-order valence-electron chi connectivity index (χ0n) is 9.33. The normalized spacial score (nSPS) is 38.1. The van der Waals surface area contributed by atoms with Crippen LogP contribution in [0.3, 0.4) is 0 Å². The van der Waals surface area contributed by atoms with Crippen molar-refractivity contribution in [2.75, 3.05) is 5.75 Å². The number of rotatable bonds is 1. The highest BCUT2D eigenvalue weighted by Gasteiger charge is 2.52. The molecule has 3 heterocycles. The molecule has 0 N–H and O–H groups in total. The van der Waals surface area contributed by atoms with E-state index in [9.17, 15) is 4.79 Å². The van der Waals surface area contributed by atoms with Gasteiger partial charge in [0, 0.05) is 11.9 Å². The van der Waals surface area contributed by atoms with Gasteiger partial charge in [-0.2, -0.15) is 0 Å². The molecule has 1 amide bonds. The maximum atomic E-state index is 11.6. The second kappa shape index (κ2) is 3.23. The van der Waals surface area contributed by atoms with E-state index >= 15 is 0 Å². The fraction of sp³-hybridized carbons (Fsp3) is 0.700. The Kier molecular flexibility index (Phi) is 2.04. The third-order valence-corrected chi connectivity index (χ3v) is 5.31. The van der Waals surface area contributed by atoms with Crippen molar-refractivity contribution in [3.8, 4) is 0 Å². The SMILES string of the molecule is CC1N2C(=O)CC2SCC1(C)n1ccnn1. The maximum Gasteiger partial charge on any atom is 0.226 e. The smallest absolute Gasteiger partial charge is 0.226 e. The molecule has 0 aliphatic carbocycles. The van der Waals surface area contributed by atoms with Crippen molar-refractivity contribution in [1.82, 2.24) is 19.9 Å². The Labute approximate surface area is 98.2 Å². The Bertz CT molecular complexity index is 420. The molecule has 2 fully saturated rings. The molecule has 3 atom stereocenters. The number of fused-ring (bicyclic) bond motifs is 1. The van der Waals surface area contributed by atoms with Crippen LogP contribution in [-0.2, 0) is 10.3 Å². The van der Waals surface area contributed by atoms with Crippen LogP contribution in [0, 0.1) is 0 Å². The monoisotopic (exact) mass is 238 g/mol. The lowest BCUT2D eigenvalue weighted by Crippen LogP contribution is -2.66. The molecule has 5 nitrogen and oxygen atoms in total. The minimum Gasteiger partial charge on any atom is -0.325 e. The summed E-state index contributed by atoms with van der Waals surface area (Å²) in [4.78, 5) is 13.6.